The second-order valence-electron chi connectivity index (χ2n) is 5.00. The van der Waals surface area contributed by atoms with E-state index in [1.54, 1.807) is 18.8 Å². The Balaban J connectivity index is 2.06. The number of nitrogens with zero attached hydrogens (tertiary/aromatic N) is 1. The van der Waals surface area contributed by atoms with E-state index in [9.17, 15) is 9.59 Å². The van der Waals surface area contributed by atoms with Gasteiger partial charge in [-0.3, -0.25) is 14.5 Å². The first-order valence-corrected chi connectivity index (χ1v) is 8.21. The number of carbonyl (C=O) groups is 2. The van der Waals surface area contributed by atoms with E-state index in [0.29, 0.717) is 13.1 Å². The molecule has 0 spiro atoms. The number of rotatable bonds is 5. The van der Waals surface area contributed by atoms with Crippen LogP contribution in [0.5, 0.6) is 0 Å². The van der Waals surface area contributed by atoms with Gasteiger partial charge in [0.25, 0.3) is 0 Å². The number of amides is 2. The minimum Gasteiger partial charge on any atom is -0.359 e. The van der Waals surface area contributed by atoms with Gasteiger partial charge in [0, 0.05) is 31.6 Å². The summed E-state index contributed by atoms with van der Waals surface area (Å²) in [6, 6.07) is 7.93. The molecule has 1 aliphatic heterocycles. The first-order valence-electron chi connectivity index (χ1n) is 6.99. The molecule has 1 heterocycles. The van der Waals surface area contributed by atoms with Gasteiger partial charge in [0.2, 0.25) is 11.8 Å². The number of benzene rings is 1. The molecule has 1 aromatic carbocycles. The molecule has 6 heteroatoms. The summed E-state index contributed by atoms with van der Waals surface area (Å²) in [6.45, 7) is 2.08. The zero-order valence-corrected chi connectivity index (χ0v) is 13.2. The fraction of sp³-hybridized carbons (Fsp3) is 0.467. The van der Waals surface area contributed by atoms with Crippen LogP contribution in [0.3, 0.4) is 0 Å². The van der Waals surface area contributed by atoms with Gasteiger partial charge in [0.15, 0.2) is 0 Å². The average Bonchev–Trinajstić information content (AvgIpc) is 2.51. The second kappa shape index (κ2) is 7.47. The van der Waals surface area contributed by atoms with Gasteiger partial charge in [-0.25, -0.2) is 0 Å². The van der Waals surface area contributed by atoms with Gasteiger partial charge in [-0.2, -0.15) is 0 Å². The molecule has 1 fully saturated rings. The SMILES string of the molecule is CNC(=O)C[C@@H]1C(=O)NCCN1Cc1ccc(SC)cc1. The maximum atomic E-state index is 12.0. The van der Waals surface area contributed by atoms with E-state index in [1.807, 2.05) is 6.26 Å². The van der Waals surface area contributed by atoms with Crippen molar-refractivity contribution in [3.63, 3.8) is 0 Å². The summed E-state index contributed by atoms with van der Waals surface area (Å²) in [6.07, 6.45) is 2.24. The fourth-order valence-electron chi connectivity index (χ4n) is 2.42. The summed E-state index contributed by atoms with van der Waals surface area (Å²) in [5.74, 6) is -0.176. The lowest BCUT2D eigenvalue weighted by Crippen LogP contribution is -2.55. The van der Waals surface area contributed by atoms with Crippen LogP contribution in [0, 0.1) is 0 Å². The minimum absolute atomic E-state index is 0.0643. The number of hydrogen-bond donors (Lipinski definition) is 2. The summed E-state index contributed by atoms with van der Waals surface area (Å²) < 4.78 is 0. The van der Waals surface area contributed by atoms with Gasteiger partial charge in [-0.05, 0) is 24.0 Å². The van der Waals surface area contributed by atoms with E-state index >= 15 is 0 Å². The first-order chi connectivity index (χ1) is 10.1. The topological polar surface area (TPSA) is 61.4 Å². The highest BCUT2D eigenvalue weighted by Crippen LogP contribution is 2.18. The van der Waals surface area contributed by atoms with Gasteiger partial charge in [0.1, 0.15) is 0 Å². The maximum Gasteiger partial charge on any atom is 0.237 e. The van der Waals surface area contributed by atoms with Crippen LogP contribution in [-0.2, 0) is 16.1 Å². The standard InChI is InChI=1S/C15H21N3O2S/c1-16-14(19)9-13-15(20)17-7-8-18(13)10-11-3-5-12(21-2)6-4-11/h3-6,13H,7-10H2,1-2H3,(H,16,19)(H,17,20)/t13-/m1/s1. The van der Waals surface area contributed by atoms with Gasteiger partial charge in [-0.1, -0.05) is 12.1 Å². The predicted octanol–water partition coefficient (Wildman–Crippen LogP) is 0.845. The molecule has 1 aromatic rings. The van der Waals surface area contributed by atoms with Crippen molar-refractivity contribution in [2.75, 3.05) is 26.4 Å². The zero-order valence-electron chi connectivity index (χ0n) is 12.4. The Kier molecular flexibility index (Phi) is 5.64. The van der Waals surface area contributed by atoms with Crippen molar-refractivity contribution in [3.05, 3.63) is 29.8 Å². The molecular formula is C15H21N3O2S. The van der Waals surface area contributed by atoms with Crippen molar-refractivity contribution < 1.29 is 9.59 Å². The third-order valence-electron chi connectivity index (χ3n) is 3.64. The number of carbonyl (C=O) groups excluding carboxylic acids is 2. The van der Waals surface area contributed by atoms with Crippen LogP contribution in [0.4, 0.5) is 0 Å². The van der Waals surface area contributed by atoms with Crippen LogP contribution < -0.4 is 10.6 Å². The van der Waals surface area contributed by atoms with Crippen LogP contribution in [-0.4, -0.2) is 49.1 Å². The number of hydrogen-bond acceptors (Lipinski definition) is 4. The Labute approximate surface area is 129 Å². The highest BCUT2D eigenvalue weighted by atomic mass is 32.2. The van der Waals surface area contributed by atoms with E-state index in [4.69, 9.17) is 0 Å². The summed E-state index contributed by atoms with van der Waals surface area (Å²) in [4.78, 5) is 26.9. The lowest BCUT2D eigenvalue weighted by molar-refractivity contribution is -0.134. The average molecular weight is 307 g/mol. The molecule has 2 N–H and O–H groups in total. The molecule has 114 valence electrons. The van der Waals surface area contributed by atoms with Gasteiger partial charge in [-0.15, -0.1) is 11.8 Å². The molecule has 0 radical (unpaired) electrons. The van der Waals surface area contributed by atoms with E-state index in [-0.39, 0.29) is 24.3 Å². The second-order valence-corrected chi connectivity index (χ2v) is 5.88. The molecule has 2 amide bonds. The Morgan fingerprint density at radius 3 is 2.76 bits per heavy atom. The monoisotopic (exact) mass is 307 g/mol. The normalized spacial score (nSPS) is 19.1. The molecule has 0 bridgehead atoms. The van der Waals surface area contributed by atoms with Crippen molar-refractivity contribution in [2.24, 2.45) is 0 Å². The largest absolute Gasteiger partial charge is 0.359 e. The van der Waals surface area contributed by atoms with Crippen LogP contribution in [0.15, 0.2) is 29.2 Å². The molecule has 0 aromatic heterocycles. The molecule has 1 aliphatic rings. The molecule has 5 nitrogen and oxygen atoms in total. The highest BCUT2D eigenvalue weighted by molar-refractivity contribution is 7.98. The smallest absolute Gasteiger partial charge is 0.237 e. The molecular weight excluding hydrogens is 286 g/mol. The van der Waals surface area contributed by atoms with E-state index < -0.39 is 0 Å². The summed E-state index contributed by atoms with van der Waals surface area (Å²) in [7, 11) is 1.59. The third kappa shape index (κ3) is 4.22. The fourth-order valence-corrected chi connectivity index (χ4v) is 2.82. The van der Waals surface area contributed by atoms with Gasteiger partial charge >= 0.3 is 0 Å². The van der Waals surface area contributed by atoms with Crippen LogP contribution in [0.2, 0.25) is 0 Å². The van der Waals surface area contributed by atoms with E-state index in [0.717, 1.165) is 12.1 Å². The number of thioether (sulfide) groups is 1. The first kappa shape index (κ1) is 15.9. The van der Waals surface area contributed by atoms with Gasteiger partial charge < -0.3 is 10.6 Å². The van der Waals surface area contributed by atoms with Crippen LogP contribution in [0.25, 0.3) is 0 Å². The molecule has 0 aliphatic carbocycles. The minimum atomic E-state index is -0.390. The van der Waals surface area contributed by atoms with Crippen molar-refractivity contribution in [3.8, 4) is 0 Å². The van der Waals surface area contributed by atoms with Crippen LogP contribution in [0.1, 0.15) is 12.0 Å². The van der Waals surface area contributed by atoms with Crippen molar-refractivity contribution in [2.45, 2.75) is 23.9 Å². The van der Waals surface area contributed by atoms with E-state index in [2.05, 4.69) is 39.8 Å². The Bertz CT molecular complexity index is 504. The Hall–Kier alpha value is -1.53. The summed E-state index contributed by atoms with van der Waals surface area (Å²) >= 11 is 1.71. The molecule has 21 heavy (non-hydrogen) atoms. The quantitative estimate of drug-likeness (QED) is 0.792. The zero-order chi connectivity index (χ0) is 15.2. The lowest BCUT2D eigenvalue weighted by Gasteiger charge is -2.34. The van der Waals surface area contributed by atoms with Crippen molar-refractivity contribution in [1.29, 1.82) is 0 Å². The van der Waals surface area contributed by atoms with Crippen molar-refractivity contribution >= 4 is 23.6 Å². The van der Waals surface area contributed by atoms with Crippen molar-refractivity contribution in [1.82, 2.24) is 15.5 Å². The lowest BCUT2D eigenvalue weighted by atomic mass is 10.1. The Morgan fingerprint density at radius 2 is 2.14 bits per heavy atom. The summed E-state index contributed by atoms with van der Waals surface area (Å²) in [5.41, 5.74) is 1.16. The molecule has 1 atom stereocenters. The van der Waals surface area contributed by atoms with E-state index in [1.165, 1.54) is 4.90 Å². The molecule has 0 unspecified atom stereocenters. The molecule has 2 rings (SSSR count). The number of nitrogens with one attached hydrogen (secondary N) is 2. The Morgan fingerprint density at radius 1 is 1.43 bits per heavy atom. The molecule has 0 saturated carbocycles. The van der Waals surface area contributed by atoms with Crippen LogP contribution >= 0.6 is 11.8 Å². The maximum absolute atomic E-state index is 12.0. The highest BCUT2D eigenvalue weighted by Gasteiger charge is 2.31. The third-order valence-corrected chi connectivity index (χ3v) is 4.39. The molecule has 1 saturated heterocycles. The number of piperazine rings is 1. The predicted molar refractivity (Wildman–Crippen MR) is 84.1 cm³/mol. The summed E-state index contributed by atoms with van der Waals surface area (Å²) in [5, 5.41) is 5.42. The van der Waals surface area contributed by atoms with Gasteiger partial charge in [0.05, 0.1) is 12.5 Å².